The Balaban J connectivity index is 1.58. The van der Waals surface area contributed by atoms with Crippen LogP contribution in [0.15, 0.2) is 39.9 Å². The molecule has 0 N–H and O–H groups in total. The van der Waals surface area contributed by atoms with E-state index < -0.39 is 15.9 Å². The summed E-state index contributed by atoms with van der Waals surface area (Å²) >= 11 is 2.47. The van der Waals surface area contributed by atoms with Gasteiger partial charge in [-0.05, 0) is 69.5 Å². The third-order valence-corrected chi connectivity index (χ3v) is 9.93. The molecule has 33 heavy (non-hydrogen) atoms. The van der Waals surface area contributed by atoms with Gasteiger partial charge in [0.1, 0.15) is 10.0 Å². The molecule has 1 unspecified atom stereocenters. The van der Waals surface area contributed by atoms with Crippen LogP contribution in [0.1, 0.15) is 19.3 Å². The van der Waals surface area contributed by atoms with E-state index in [2.05, 4.69) is 4.98 Å². The van der Waals surface area contributed by atoms with Crippen LogP contribution in [0.2, 0.25) is 0 Å². The molecule has 0 spiro atoms. The van der Waals surface area contributed by atoms with E-state index in [1.165, 1.54) is 39.1 Å². The zero-order chi connectivity index (χ0) is 23.6. The second-order valence-electron chi connectivity index (χ2n) is 8.39. The molecule has 3 heterocycles. The van der Waals surface area contributed by atoms with Gasteiger partial charge in [0, 0.05) is 19.6 Å². The summed E-state index contributed by atoms with van der Waals surface area (Å²) in [5, 5.41) is 2.26. The molecule has 1 fully saturated rings. The van der Waals surface area contributed by atoms with Crippen molar-refractivity contribution < 1.29 is 17.6 Å². The summed E-state index contributed by atoms with van der Waals surface area (Å²) in [6.07, 6.45) is 1.99. The number of fused-ring (bicyclic) bond motifs is 1. The fourth-order valence-electron chi connectivity index (χ4n) is 3.97. The third-order valence-electron chi connectivity index (χ3n) is 5.65. The summed E-state index contributed by atoms with van der Waals surface area (Å²) < 4.78 is 42.1. The zero-order valence-corrected chi connectivity index (χ0v) is 21.1. The number of carbonyl (C=O) groups excluding carboxylic acids is 1. The first-order chi connectivity index (χ1) is 15.8. The minimum absolute atomic E-state index is 0.126. The molecule has 0 aliphatic carbocycles. The summed E-state index contributed by atoms with van der Waals surface area (Å²) in [5.74, 6) is -0.916. The number of piperidine rings is 1. The topological polar surface area (TPSA) is 73.8 Å². The van der Waals surface area contributed by atoms with E-state index in [1.807, 2.05) is 19.0 Å². The van der Waals surface area contributed by atoms with Crippen LogP contribution in [-0.2, 0) is 14.8 Å². The van der Waals surface area contributed by atoms with E-state index in [9.17, 15) is 17.6 Å². The summed E-state index contributed by atoms with van der Waals surface area (Å²) in [6, 6.07) is 7.71. The average Bonchev–Trinajstić information content (AvgIpc) is 3.46. The van der Waals surface area contributed by atoms with Crippen LogP contribution in [0.25, 0.3) is 10.2 Å². The second-order valence-corrected chi connectivity index (χ2v) is 12.5. The molecule has 3 aromatic rings. The first kappa shape index (κ1) is 24.2. The van der Waals surface area contributed by atoms with E-state index in [1.54, 1.807) is 28.5 Å². The van der Waals surface area contributed by atoms with Crippen LogP contribution in [0, 0.1) is 11.7 Å². The lowest BCUT2D eigenvalue weighted by Crippen LogP contribution is -2.47. The summed E-state index contributed by atoms with van der Waals surface area (Å²) in [6.45, 7) is 1.83. The first-order valence-electron chi connectivity index (χ1n) is 10.8. The molecule has 0 saturated carbocycles. The van der Waals surface area contributed by atoms with Crippen molar-refractivity contribution in [1.82, 2.24) is 14.2 Å². The van der Waals surface area contributed by atoms with E-state index >= 15 is 0 Å². The van der Waals surface area contributed by atoms with Crippen molar-refractivity contribution in [2.75, 3.05) is 45.2 Å². The maximum atomic E-state index is 13.7. The molecular formula is C22H27FN4O3S3. The van der Waals surface area contributed by atoms with Crippen LogP contribution >= 0.6 is 22.7 Å². The molecule has 0 bridgehead atoms. The summed E-state index contributed by atoms with van der Waals surface area (Å²) in [7, 11) is 0.337. The highest BCUT2D eigenvalue weighted by Crippen LogP contribution is 2.33. The number of amides is 1. The second kappa shape index (κ2) is 10.1. The van der Waals surface area contributed by atoms with Crippen molar-refractivity contribution in [3.8, 4) is 0 Å². The summed E-state index contributed by atoms with van der Waals surface area (Å²) in [5.41, 5.74) is 0.646. The lowest BCUT2D eigenvalue weighted by molar-refractivity contribution is -0.123. The number of nitrogens with zero attached hydrogens (tertiary/aromatic N) is 4. The van der Waals surface area contributed by atoms with Crippen molar-refractivity contribution in [1.29, 1.82) is 0 Å². The third kappa shape index (κ3) is 5.43. The Hall–Kier alpha value is -1.92. The van der Waals surface area contributed by atoms with Gasteiger partial charge in [0.25, 0.3) is 10.0 Å². The highest BCUT2D eigenvalue weighted by Gasteiger charge is 2.36. The molecule has 7 nitrogen and oxygen atoms in total. The van der Waals surface area contributed by atoms with Gasteiger partial charge in [-0.3, -0.25) is 9.69 Å². The van der Waals surface area contributed by atoms with Crippen molar-refractivity contribution in [3.63, 3.8) is 0 Å². The minimum Gasteiger partial charge on any atom is -0.309 e. The van der Waals surface area contributed by atoms with Gasteiger partial charge in [-0.2, -0.15) is 4.31 Å². The molecule has 2 aromatic heterocycles. The van der Waals surface area contributed by atoms with Gasteiger partial charge < -0.3 is 4.90 Å². The lowest BCUT2D eigenvalue weighted by Gasteiger charge is -2.33. The molecule has 1 atom stereocenters. The Kier molecular flexibility index (Phi) is 7.44. The van der Waals surface area contributed by atoms with Gasteiger partial charge in [0.15, 0.2) is 5.13 Å². The molecule has 1 aromatic carbocycles. The van der Waals surface area contributed by atoms with Gasteiger partial charge in [0.05, 0.1) is 16.1 Å². The number of halogens is 1. The van der Waals surface area contributed by atoms with Gasteiger partial charge in [0.2, 0.25) is 5.91 Å². The van der Waals surface area contributed by atoms with E-state index in [0.717, 1.165) is 13.0 Å². The van der Waals surface area contributed by atoms with Crippen LogP contribution in [0.5, 0.6) is 0 Å². The monoisotopic (exact) mass is 510 g/mol. The van der Waals surface area contributed by atoms with Crippen LogP contribution in [0.3, 0.4) is 0 Å². The number of aromatic nitrogens is 1. The first-order valence-corrected chi connectivity index (χ1v) is 13.9. The predicted molar refractivity (Wildman–Crippen MR) is 131 cm³/mol. The largest absolute Gasteiger partial charge is 0.309 e. The number of benzene rings is 1. The van der Waals surface area contributed by atoms with Crippen LogP contribution in [-0.4, -0.2) is 68.8 Å². The molecule has 1 amide bonds. The molecule has 1 aliphatic rings. The molecule has 1 saturated heterocycles. The Morgan fingerprint density at radius 3 is 2.82 bits per heavy atom. The highest BCUT2D eigenvalue weighted by molar-refractivity contribution is 7.91. The fraction of sp³-hybridized carbons (Fsp3) is 0.455. The standard InChI is InChI=1S/C22H27FN4O3S3/c1-25(2)10-5-12-27(22-24-18-9-8-17(23)14-19(18)32-22)21(28)16-6-3-11-26(15-16)33(29,30)20-7-4-13-31-20/h4,7-9,13-14,16H,3,5-6,10-12,15H2,1-2H3. The normalized spacial score (nSPS) is 17.6. The number of hydrogen-bond acceptors (Lipinski definition) is 7. The van der Waals surface area contributed by atoms with Crippen molar-refractivity contribution >= 4 is 54.0 Å². The van der Waals surface area contributed by atoms with Crippen molar-refractivity contribution in [2.24, 2.45) is 5.92 Å². The number of rotatable bonds is 8. The number of thiazole rings is 1. The zero-order valence-electron chi connectivity index (χ0n) is 18.6. The SMILES string of the molecule is CN(C)CCCN(C(=O)C1CCCN(S(=O)(=O)c2cccs2)C1)c1nc2ccc(F)cc2s1. The van der Waals surface area contributed by atoms with E-state index in [4.69, 9.17) is 0 Å². The lowest BCUT2D eigenvalue weighted by atomic mass is 9.98. The number of sulfonamides is 1. The van der Waals surface area contributed by atoms with Gasteiger partial charge in [-0.15, -0.1) is 11.3 Å². The van der Waals surface area contributed by atoms with Crippen molar-refractivity contribution in [2.45, 2.75) is 23.5 Å². The van der Waals surface area contributed by atoms with Crippen molar-refractivity contribution in [3.05, 3.63) is 41.5 Å². The maximum Gasteiger partial charge on any atom is 0.252 e. The van der Waals surface area contributed by atoms with E-state index in [0.29, 0.717) is 45.5 Å². The summed E-state index contributed by atoms with van der Waals surface area (Å²) in [4.78, 5) is 22.0. The molecule has 178 valence electrons. The Bertz CT molecular complexity index is 1210. The predicted octanol–water partition coefficient (Wildman–Crippen LogP) is 3.88. The van der Waals surface area contributed by atoms with Crippen LogP contribution in [0.4, 0.5) is 9.52 Å². The number of anilines is 1. The smallest absolute Gasteiger partial charge is 0.252 e. The van der Waals surface area contributed by atoms with Gasteiger partial charge in [-0.25, -0.2) is 17.8 Å². The Morgan fingerprint density at radius 2 is 2.09 bits per heavy atom. The minimum atomic E-state index is -3.61. The Labute approximate surface area is 201 Å². The average molecular weight is 511 g/mol. The van der Waals surface area contributed by atoms with Gasteiger partial charge in [-0.1, -0.05) is 17.4 Å². The number of thiophene rings is 1. The molecule has 4 rings (SSSR count). The number of hydrogen-bond donors (Lipinski definition) is 0. The van der Waals surface area contributed by atoms with E-state index in [-0.39, 0.29) is 18.3 Å². The van der Waals surface area contributed by atoms with Crippen LogP contribution < -0.4 is 4.90 Å². The van der Waals surface area contributed by atoms with Gasteiger partial charge >= 0.3 is 0 Å². The highest BCUT2D eigenvalue weighted by atomic mass is 32.2. The molecular weight excluding hydrogens is 483 g/mol. The maximum absolute atomic E-state index is 13.7. The Morgan fingerprint density at radius 1 is 1.27 bits per heavy atom. The molecule has 11 heteroatoms. The fourth-order valence-corrected chi connectivity index (χ4v) is 7.66. The number of carbonyl (C=O) groups is 1. The molecule has 0 radical (unpaired) electrons. The quantitative estimate of drug-likeness (QED) is 0.460. The molecule has 1 aliphatic heterocycles.